The molecule has 0 fully saturated rings. The van der Waals surface area contributed by atoms with Gasteiger partial charge in [0.15, 0.2) is 10.9 Å². The van der Waals surface area contributed by atoms with Crippen molar-refractivity contribution in [3.8, 4) is 11.3 Å². The van der Waals surface area contributed by atoms with Crippen LogP contribution in [0.5, 0.6) is 0 Å². The topological polar surface area (TPSA) is 59.1 Å². The Morgan fingerprint density at radius 3 is 2.50 bits per heavy atom. The maximum Gasteiger partial charge on any atom is 0.226 e. The Labute approximate surface area is 134 Å². The van der Waals surface area contributed by atoms with Crippen LogP contribution in [0, 0.1) is 5.92 Å². The summed E-state index contributed by atoms with van der Waals surface area (Å²) in [6.07, 6.45) is 1.30. The van der Waals surface area contributed by atoms with E-state index in [1.165, 1.54) is 18.3 Å². The van der Waals surface area contributed by atoms with Crippen molar-refractivity contribution in [1.29, 1.82) is 0 Å². The number of nitrogens with zero attached hydrogens (tertiary/aromatic N) is 1. The minimum atomic E-state index is -0.0582. The van der Waals surface area contributed by atoms with Gasteiger partial charge in [0.2, 0.25) is 5.91 Å². The maximum atomic E-state index is 11.9. The second-order valence-electron chi connectivity index (χ2n) is 5.60. The third-order valence-electron chi connectivity index (χ3n) is 3.19. The number of amides is 1. The van der Waals surface area contributed by atoms with Crippen molar-refractivity contribution in [2.45, 2.75) is 33.6 Å². The fourth-order valence-electron chi connectivity index (χ4n) is 2.01. The predicted molar refractivity (Wildman–Crippen MR) is 90.3 cm³/mol. The number of nitrogens with one attached hydrogen (secondary N) is 1. The molecular weight excluding hydrogens is 296 g/mol. The molecule has 1 amide bonds. The van der Waals surface area contributed by atoms with Crippen LogP contribution >= 0.6 is 11.3 Å². The van der Waals surface area contributed by atoms with Crippen LogP contribution in [0.15, 0.2) is 30.3 Å². The van der Waals surface area contributed by atoms with Crippen LogP contribution < -0.4 is 5.32 Å². The third kappa shape index (κ3) is 4.24. The van der Waals surface area contributed by atoms with E-state index in [0.717, 1.165) is 12.0 Å². The Hall–Kier alpha value is -2.01. The van der Waals surface area contributed by atoms with Crippen LogP contribution in [-0.4, -0.2) is 16.7 Å². The Morgan fingerprint density at radius 1 is 1.23 bits per heavy atom. The molecule has 0 spiro atoms. The Bertz CT molecular complexity index is 663. The van der Waals surface area contributed by atoms with E-state index >= 15 is 0 Å². The first-order valence-electron chi connectivity index (χ1n) is 7.34. The highest BCUT2D eigenvalue weighted by Crippen LogP contribution is 2.31. The highest BCUT2D eigenvalue weighted by atomic mass is 32.1. The van der Waals surface area contributed by atoms with Gasteiger partial charge in [-0.3, -0.25) is 9.59 Å². The summed E-state index contributed by atoms with van der Waals surface area (Å²) in [6, 6.07) is 9.54. The van der Waals surface area contributed by atoms with E-state index in [1.54, 1.807) is 0 Å². The summed E-state index contributed by atoms with van der Waals surface area (Å²) < 4.78 is 0. The zero-order valence-electron chi connectivity index (χ0n) is 13.1. The monoisotopic (exact) mass is 316 g/mol. The van der Waals surface area contributed by atoms with Crippen molar-refractivity contribution in [1.82, 2.24) is 4.98 Å². The fraction of sp³-hybridized carbons (Fsp3) is 0.353. The molecule has 0 aliphatic carbocycles. The van der Waals surface area contributed by atoms with E-state index in [2.05, 4.69) is 24.1 Å². The summed E-state index contributed by atoms with van der Waals surface area (Å²) >= 11 is 1.23. The number of hydrogen-bond acceptors (Lipinski definition) is 4. The van der Waals surface area contributed by atoms with E-state index in [0.29, 0.717) is 28.0 Å². The molecule has 1 N–H and O–H groups in total. The Kier molecular flexibility index (Phi) is 5.44. The number of carbonyl (C=O) groups excluding carboxylic acids is 2. The SMILES string of the molecule is CC(=O)c1sc(NC(=O)CCC(C)C)nc1-c1ccccc1. The molecule has 5 heteroatoms. The molecule has 0 radical (unpaired) electrons. The van der Waals surface area contributed by atoms with E-state index < -0.39 is 0 Å². The van der Waals surface area contributed by atoms with E-state index in [9.17, 15) is 9.59 Å². The number of aromatic nitrogens is 1. The molecule has 2 rings (SSSR count). The standard InChI is InChI=1S/C17H20N2O2S/c1-11(2)9-10-14(21)18-17-19-15(16(22-17)12(3)20)13-7-5-4-6-8-13/h4-8,11H,9-10H2,1-3H3,(H,18,19,21). The van der Waals surface area contributed by atoms with Crippen LogP contribution in [-0.2, 0) is 4.79 Å². The molecule has 0 saturated heterocycles. The first-order valence-corrected chi connectivity index (χ1v) is 8.16. The molecule has 1 aromatic carbocycles. The van der Waals surface area contributed by atoms with E-state index in [-0.39, 0.29) is 11.7 Å². The summed E-state index contributed by atoms with van der Waals surface area (Å²) in [4.78, 5) is 28.7. The minimum absolute atomic E-state index is 0.0426. The molecule has 0 aliphatic heterocycles. The molecule has 2 aromatic rings. The molecule has 0 atom stereocenters. The van der Waals surface area contributed by atoms with Gasteiger partial charge in [-0.05, 0) is 12.3 Å². The second kappa shape index (κ2) is 7.31. The summed E-state index contributed by atoms with van der Waals surface area (Å²) in [5.41, 5.74) is 1.52. The third-order valence-corrected chi connectivity index (χ3v) is 4.26. The first kappa shape index (κ1) is 16.4. The summed E-state index contributed by atoms with van der Waals surface area (Å²) in [6.45, 7) is 5.68. The van der Waals surface area contributed by atoms with Gasteiger partial charge in [0.25, 0.3) is 0 Å². The average molecular weight is 316 g/mol. The second-order valence-corrected chi connectivity index (χ2v) is 6.60. The summed E-state index contributed by atoms with van der Waals surface area (Å²) in [5.74, 6) is 0.380. The molecule has 0 bridgehead atoms. The maximum absolute atomic E-state index is 11.9. The summed E-state index contributed by atoms with van der Waals surface area (Å²) in [5, 5.41) is 3.28. The number of hydrogen-bond donors (Lipinski definition) is 1. The van der Waals surface area contributed by atoms with Crippen LogP contribution in [0.25, 0.3) is 11.3 Å². The van der Waals surface area contributed by atoms with Gasteiger partial charge in [0.05, 0.1) is 10.6 Å². The van der Waals surface area contributed by atoms with Crippen molar-refractivity contribution in [2.75, 3.05) is 5.32 Å². The number of ketones is 1. The van der Waals surface area contributed by atoms with Gasteiger partial charge in [-0.15, -0.1) is 0 Å². The Balaban J connectivity index is 2.21. The van der Waals surface area contributed by atoms with Crippen LogP contribution in [0.1, 0.15) is 43.3 Å². The zero-order chi connectivity index (χ0) is 16.1. The predicted octanol–water partition coefficient (Wildman–Crippen LogP) is 4.39. The number of anilines is 1. The van der Waals surface area contributed by atoms with E-state index in [1.807, 2.05) is 30.3 Å². The van der Waals surface area contributed by atoms with Gasteiger partial charge < -0.3 is 5.32 Å². The highest BCUT2D eigenvalue weighted by molar-refractivity contribution is 7.18. The van der Waals surface area contributed by atoms with Crippen molar-refractivity contribution in [3.05, 3.63) is 35.2 Å². The molecule has 4 nitrogen and oxygen atoms in total. The quantitative estimate of drug-likeness (QED) is 0.804. The van der Waals surface area contributed by atoms with Crippen LogP contribution in [0.3, 0.4) is 0 Å². The number of Topliss-reactive ketones (excluding diaryl/α,β-unsaturated/α-hetero) is 1. The van der Waals surface area contributed by atoms with Gasteiger partial charge in [-0.25, -0.2) is 4.98 Å². The van der Waals surface area contributed by atoms with Crippen molar-refractivity contribution >= 4 is 28.2 Å². The normalized spacial score (nSPS) is 10.7. The largest absolute Gasteiger partial charge is 0.302 e. The average Bonchev–Trinajstić information content (AvgIpc) is 2.90. The van der Waals surface area contributed by atoms with Crippen molar-refractivity contribution < 1.29 is 9.59 Å². The molecule has 1 heterocycles. The molecule has 116 valence electrons. The molecular formula is C17H20N2O2S. The van der Waals surface area contributed by atoms with E-state index in [4.69, 9.17) is 0 Å². The summed E-state index contributed by atoms with van der Waals surface area (Å²) in [7, 11) is 0. The van der Waals surface area contributed by atoms with Crippen LogP contribution in [0.2, 0.25) is 0 Å². The van der Waals surface area contributed by atoms with Gasteiger partial charge >= 0.3 is 0 Å². The fourth-order valence-corrected chi connectivity index (χ4v) is 2.90. The Morgan fingerprint density at radius 2 is 1.91 bits per heavy atom. The van der Waals surface area contributed by atoms with Gasteiger partial charge in [-0.2, -0.15) is 0 Å². The number of carbonyl (C=O) groups is 2. The van der Waals surface area contributed by atoms with Gasteiger partial charge in [-0.1, -0.05) is 55.5 Å². The zero-order valence-corrected chi connectivity index (χ0v) is 13.9. The van der Waals surface area contributed by atoms with Gasteiger partial charge in [0.1, 0.15) is 0 Å². The first-order chi connectivity index (χ1) is 10.5. The lowest BCUT2D eigenvalue weighted by molar-refractivity contribution is -0.116. The lowest BCUT2D eigenvalue weighted by atomic mass is 10.1. The minimum Gasteiger partial charge on any atom is -0.302 e. The van der Waals surface area contributed by atoms with Crippen molar-refractivity contribution in [3.63, 3.8) is 0 Å². The molecule has 22 heavy (non-hydrogen) atoms. The number of thiazole rings is 1. The highest BCUT2D eigenvalue weighted by Gasteiger charge is 2.17. The lowest BCUT2D eigenvalue weighted by Gasteiger charge is -2.03. The van der Waals surface area contributed by atoms with Crippen molar-refractivity contribution in [2.24, 2.45) is 5.92 Å². The molecule has 1 aromatic heterocycles. The number of benzene rings is 1. The lowest BCUT2D eigenvalue weighted by Crippen LogP contribution is -2.11. The molecule has 0 aliphatic rings. The van der Waals surface area contributed by atoms with Crippen LogP contribution in [0.4, 0.5) is 5.13 Å². The smallest absolute Gasteiger partial charge is 0.226 e. The molecule has 0 unspecified atom stereocenters. The number of rotatable bonds is 6. The van der Waals surface area contributed by atoms with Gasteiger partial charge in [0, 0.05) is 18.9 Å². The molecule has 0 saturated carbocycles.